The molecule has 17 heavy (non-hydrogen) atoms. The second-order valence-electron chi connectivity index (χ2n) is 3.91. The van der Waals surface area contributed by atoms with Crippen LogP contribution in [0.15, 0.2) is 16.6 Å². The largest absolute Gasteiger partial charge is 0.490 e. The van der Waals surface area contributed by atoms with Crippen LogP contribution in [0.1, 0.15) is 26.3 Å². The van der Waals surface area contributed by atoms with E-state index in [9.17, 15) is 0 Å². The average molecular weight is 302 g/mol. The Morgan fingerprint density at radius 1 is 1.18 bits per heavy atom. The molecule has 1 atom stereocenters. The maximum absolute atomic E-state index is 5.84. The lowest BCUT2D eigenvalue weighted by Crippen LogP contribution is -2.18. The lowest BCUT2D eigenvalue weighted by atomic mass is 10.1. The Kier molecular flexibility index (Phi) is 5.78. The molecule has 0 saturated heterocycles. The molecule has 4 heteroatoms. The van der Waals surface area contributed by atoms with Crippen molar-refractivity contribution in [1.82, 2.24) is 0 Å². The van der Waals surface area contributed by atoms with Gasteiger partial charge in [-0.15, -0.1) is 0 Å². The SMILES string of the molecule is CCOc1c(Br)ccc(CC(C)N)c1OCC. The van der Waals surface area contributed by atoms with E-state index in [1.807, 2.05) is 32.9 Å². The van der Waals surface area contributed by atoms with Gasteiger partial charge in [0.2, 0.25) is 0 Å². The molecular weight excluding hydrogens is 282 g/mol. The van der Waals surface area contributed by atoms with Crippen LogP contribution in [0.25, 0.3) is 0 Å². The molecule has 2 N–H and O–H groups in total. The zero-order chi connectivity index (χ0) is 12.8. The number of ether oxygens (including phenoxy) is 2. The third-order valence-electron chi connectivity index (χ3n) is 2.26. The summed E-state index contributed by atoms with van der Waals surface area (Å²) in [5.41, 5.74) is 6.93. The molecule has 0 radical (unpaired) electrons. The van der Waals surface area contributed by atoms with Gasteiger partial charge in [-0.1, -0.05) is 6.07 Å². The highest BCUT2D eigenvalue weighted by Gasteiger charge is 2.15. The molecule has 3 nitrogen and oxygen atoms in total. The van der Waals surface area contributed by atoms with Gasteiger partial charge in [-0.2, -0.15) is 0 Å². The molecule has 0 fully saturated rings. The van der Waals surface area contributed by atoms with E-state index in [1.54, 1.807) is 0 Å². The van der Waals surface area contributed by atoms with Gasteiger partial charge in [0.15, 0.2) is 11.5 Å². The quantitative estimate of drug-likeness (QED) is 0.878. The standard InChI is InChI=1S/C13H20BrNO2/c1-4-16-12-10(8-9(3)15)6-7-11(14)13(12)17-5-2/h6-7,9H,4-5,8,15H2,1-3H3. The predicted octanol–water partition coefficient (Wildman–Crippen LogP) is 3.14. The molecule has 0 bridgehead atoms. The Balaban J connectivity index is 3.15. The van der Waals surface area contributed by atoms with Crippen molar-refractivity contribution in [2.75, 3.05) is 13.2 Å². The second kappa shape index (κ2) is 6.87. The Labute approximate surface area is 111 Å². The van der Waals surface area contributed by atoms with E-state index in [4.69, 9.17) is 15.2 Å². The third-order valence-corrected chi connectivity index (χ3v) is 2.89. The zero-order valence-electron chi connectivity index (χ0n) is 10.6. The molecule has 0 saturated carbocycles. The van der Waals surface area contributed by atoms with E-state index >= 15 is 0 Å². The number of rotatable bonds is 6. The van der Waals surface area contributed by atoms with Gasteiger partial charge in [-0.25, -0.2) is 0 Å². The van der Waals surface area contributed by atoms with E-state index in [1.165, 1.54) is 0 Å². The summed E-state index contributed by atoms with van der Waals surface area (Å²) < 4.78 is 12.2. The van der Waals surface area contributed by atoms with E-state index in [-0.39, 0.29) is 6.04 Å². The van der Waals surface area contributed by atoms with Crippen LogP contribution in [0.2, 0.25) is 0 Å². The van der Waals surface area contributed by atoms with Gasteiger partial charge in [0, 0.05) is 6.04 Å². The number of halogens is 1. The van der Waals surface area contributed by atoms with Crippen molar-refractivity contribution in [3.8, 4) is 11.5 Å². The number of hydrogen-bond donors (Lipinski definition) is 1. The normalized spacial score (nSPS) is 12.3. The summed E-state index contributed by atoms with van der Waals surface area (Å²) in [5.74, 6) is 1.58. The lowest BCUT2D eigenvalue weighted by molar-refractivity contribution is 0.283. The fourth-order valence-corrected chi connectivity index (χ4v) is 2.10. The minimum atomic E-state index is 0.102. The Bertz CT molecular complexity index is 367. The first-order valence-electron chi connectivity index (χ1n) is 5.92. The fourth-order valence-electron chi connectivity index (χ4n) is 1.67. The molecule has 1 rings (SSSR count). The maximum atomic E-state index is 5.84. The fraction of sp³-hybridized carbons (Fsp3) is 0.538. The van der Waals surface area contributed by atoms with Crippen LogP contribution < -0.4 is 15.2 Å². The second-order valence-corrected chi connectivity index (χ2v) is 4.77. The van der Waals surface area contributed by atoms with E-state index in [0.717, 1.165) is 28.0 Å². The first-order valence-corrected chi connectivity index (χ1v) is 6.71. The Morgan fingerprint density at radius 3 is 2.29 bits per heavy atom. The summed E-state index contributed by atoms with van der Waals surface area (Å²) in [4.78, 5) is 0. The molecule has 0 aliphatic rings. The number of benzene rings is 1. The minimum absolute atomic E-state index is 0.102. The third kappa shape index (κ3) is 3.89. The van der Waals surface area contributed by atoms with Crippen molar-refractivity contribution in [3.63, 3.8) is 0 Å². The smallest absolute Gasteiger partial charge is 0.175 e. The highest BCUT2D eigenvalue weighted by molar-refractivity contribution is 9.10. The Hall–Kier alpha value is -0.740. The lowest BCUT2D eigenvalue weighted by Gasteiger charge is -2.17. The molecule has 1 unspecified atom stereocenters. The van der Waals surface area contributed by atoms with Gasteiger partial charge in [0.1, 0.15) is 0 Å². The summed E-state index contributed by atoms with van der Waals surface area (Å²) in [6, 6.07) is 4.11. The monoisotopic (exact) mass is 301 g/mol. The van der Waals surface area contributed by atoms with Crippen LogP contribution in [0.3, 0.4) is 0 Å². The van der Waals surface area contributed by atoms with Gasteiger partial charge < -0.3 is 15.2 Å². The molecular formula is C13H20BrNO2. The van der Waals surface area contributed by atoms with Gasteiger partial charge in [-0.3, -0.25) is 0 Å². The van der Waals surface area contributed by atoms with Crippen molar-refractivity contribution in [3.05, 3.63) is 22.2 Å². The molecule has 0 spiro atoms. The van der Waals surface area contributed by atoms with Crippen LogP contribution in [0, 0.1) is 0 Å². The van der Waals surface area contributed by atoms with Crippen molar-refractivity contribution in [2.45, 2.75) is 33.2 Å². The zero-order valence-corrected chi connectivity index (χ0v) is 12.2. The highest BCUT2D eigenvalue weighted by atomic mass is 79.9. The minimum Gasteiger partial charge on any atom is -0.490 e. The molecule has 0 aliphatic carbocycles. The van der Waals surface area contributed by atoms with Crippen LogP contribution in [0.5, 0.6) is 11.5 Å². The first kappa shape index (κ1) is 14.3. The molecule has 0 aromatic heterocycles. The summed E-state index contributed by atoms with van der Waals surface area (Å²) in [7, 11) is 0. The van der Waals surface area contributed by atoms with Crippen LogP contribution in [0.4, 0.5) is 0 Å². The van der Waals surface area contributed by atoms with Crippen molar-refractivity contribution in [2.24, 2.45) is 5.73 Å². The van der Waals surface area contributed by atoms with Gasteiger partial charge >= 0.3 is 0 Å². The van der Waals surface area contributed by atoms with Crippen LogP contribution in [-0.2, 0) is 6.42 Å². The average Bonchev–Trinajstić information content (AvgIpc) is 2.27. The molecule has 0 amide bonds. The summed E-state index contributed by atoms with van der Waals surface area (Å²) >= 11 is 3.48. The maximum Gasteiger partial charge on any atom is 0.175 e. The van der Waals surface area contributed by atoms with Crippen molar-refractivity contribution in [1.29, 1.82) is 0 Å². The van der Waals surface area contributed by atoms with Crippen LogP contribution in [-0.4, -0.2) is 19.3 Å². The molecule has 1 aromatic carbocycles. The molecule has 1 aromatic rings. The van der Waals surface area contributed by atoms with E-state index in [0.29, 0.717) is 13.2 Å². The summed E-state index contributed by atoms with van der Waals surface area (Å²) in [5, 5.41) is 0. The molecule has 0 aliphatic heterocycles. The van der Waals surface area contributed by atoms with E-state index in [2.05, 4.69) is 15.9 Å². The van der Waals surface area contributed by atoms with E-state index < -0.39 is 0 Å². The predicted molar refractivity (Wildman–Crippen MR) is 73.8 cm³/mol. The molecule has 0 heterocycles. The Morgan fingerprint density at radius 2 is 1.76 bits per heavy atom. The first-order chi connectivity index (χ1) is 8.10. The number of nitrogens with two attached hydrogens (primary N) is 1. The summed E-state index contributed by atoms with van der Waals surface area (Å²) in [6.07, 6.45) is 0.780. The van der Waals surface area contributed by atoms with Gasteiger partial charge in [0.05, 0.1) is 17.7 Å². The van der Waals surface area contributed by atoms with Gasteiger partial charge in [-0.05, 0) is 54.8 Å². The number of hydrogen-bond acceptors (Lipinski definition) is 3. The van der Waals surface area contributed by atoms with Crippen LogP contribution >= 0.6 is 15.9 Å². The molecule has 96 valence electrons. The van der Waals surface area contributed by atoms with Gasteiger partial charge in [0.25, 0.3) is 0 Å². The summed E-state index contributed by atoms with van der Waals surface area (Å²) in [6.45, 7) is 7.13. The van der Waals surface area contributed by atoms with Crippen molar-refractivity contribution >= 4 is 15.9 Å². The topological polar surface area (TPSA) is 44.5 Å². The van der Waals surface area contributed by atoms with Crippen molar-refractivity contribution < 1.29 is 9.47 Å². The highest BCUT2D eigenvalue weighted by Crippen LogP contribution is 2.38.